The predicted octanol–water partition coefficient (Wildman–Crippen LogP) is 5.30. The van der Waals surface area contributed by atoms with Gasteiger partial charge in [0.25, 0.3) is 5.91 Å². The Morgan fingerprint density at radius 2 is 1.72 bits per heavy atom. The smallest absolute Gasteiger partial charge is 0.255 e. The molecule has 0 aliphatic rings. The van der Waals surface area contributed by atoms with Crippen molar-refractivity contribution in [3.63, 3.8) is 0 Å². The van der Waals surface area contributed by atoms with Gasteiger partial charge in [0.1, 0.15) is 11.6 Å². The van der Waals surface area contributed by atoms with Gasteiger partial charge in [0.15, 0.2) is 0 Å². The summed E-state index contributed by atoms with van der Waals surface area (Å²) in [5.41, 5.74) is 2.99. The summed E-state index contributed by atoms with van der Waals surface area (Å²) in [5, 5.41) is 7.18. The van der Waals surface area contributed by atoms with Crippen LogP contribution in [0.3, 0.4) is 0 Å². The van der Waals surface area contributed by atoms with Crippen molar-refractivity contribution in [3.05, 3.63) is 87.2 Å². The van der Waals surface area contributed by atoms with Crippen molar-refractivity contribution in [2.45, 2.75) is 6.54 Å². The number of rotatable bonds is 6. The number of hydrogen-bond acceptors (Lipinski definition) is 5. The lowest BCUT2D eigenvalue weighted by atomic mass is 10.1. The van der Waals surface area contributed by atoms with Crippen LogP contribution in [0.15, 0.2) is 66.7 Å². The second-order valence-electron chi connectivity index (χ2n) is 7.44. The topological polar surface area (TPSA) is 70.2 Å². The Hall–Kier alpha value is -3.27. The van der Waals surface area contributed by atoms with Crippen LogP contribution < -0.4 is 15.5 Å². The Bertz CT molecular complexity index is 1260. The molecule has 1 heterocycles. The quantitative estimate of drug-likeness (QED) is 0.324. The fourth-order valence-electron chi connectivity index (χ4n) is 3.12. The number of carbonyl (C=O) groups is 1. The van der Waals surface area contributed by atoms with Crippen molar-refractivity contribution in [2.24, 2.45) is 0 Å². The van der Waals surface area contributed by atoms with E-state index in [4.69, 9.17) is 0 Å². The highest BCUT2D eigenvalue weighted by Crippen LogP contribution is 2.25. The van der Waals surface area contributed by atoms with Gasteiger partial charge in [-0.1, -0.05) is 12.1 Å². The molecule has 6 nitrogen and oxygen atoms in total. The molecule has 0 bridgehead atoms. The summed E-state index contributed by atoms with van der Waals surface area (Å²) in [6.07, 6.45) is 0. The highest BCUT2D eigenvalue weighted by molar-refractivity contribution is 14.1. The van der Waals surface area contributed by atoms with Gasteiger partial charge in [-0.05, 0) is 82.8 Å². The number of aromatic nitrogens is 2. The Morgan fingerprint density at radius 1 is 1.00 bits per heavy atom. The molecule has 0 radical (unpaired) electrons. The predicted molar refractivity (Wildman–Crippen MR) is 135 cm³/mol. The molecular formula is C24H21FIN5O. The van der Waals surface area contributed by atoms with Crippen LogP contribution in [0.2, 0.25) is 0 Å². The number of benzene rings is 3. The summed E-state index contributed by atoms with van der Waals surface area (Å²) in [5.74, 6) is 0.751. The first-order chi connectivity index (χ1) is 15.4. The lowest BCUT2D eigenvalue weighted by molar-refractivity contribution is 0.102. The molecule has 0 aliphatic heterocycles. The molecule has 0 spiro atoms. The Labute approximate surface area is 199 Å². The van der Waals surface area contributed by atoms with E-state index < -0.39 is 0 Å². The number of amides is 1. The number of nitrogens with one attached hydrogen (secondary N) is 2. The zero-order valence-corrected chi connectivity index (χ0v) is 19.7. The van der Waals surface area contributed by atoms with E-state index in [-0.39, 0.29) is 11.7 Å². The van der Waals surface area contributed by atoms with Gasteiger partial charge in [-0.25, -0.2) is 9.37 Å². The third-order valence-electron chi connectivity index (χ3n) is 4.83. The minimum Gasteiger partial charge on any atom is -0.365 e. The summed E-state index contributed by atoms with van der Waals surface area (Å²) in [4.78, 5) is 23.5. The molecule has 0 saturated carbocycles. The van der Waals surface area contributed by atoms with Crippen LogP contribution in [0.25, 0.3) is 10.9 Å². The van der Waals surface area contributed by atoms with Gasteiger partial charge in [0, 0.05) is 40.8 Å². The maximum Gasteiger partial charge on any atom is 0.255 e. The van der Waals surface area contributed by atoms with Crippen molar-refractivity contribution in [1.29, 1.82) is 0 Å². The third kappa shape index (κ3) is 5.13. The molecule has 1 amide bonds. The number of halogens is 2. The molecular weight excluding hydrogens is 520 g/mol. The van der Waals surface area contributed by atoms with Crippen LogP contribution in [0.4, 0.5) is 21.8 Å². The van der Waals surface area contributed by atoms with E-state index in [9.17, 15) is 9.18 Å². The fraction of sp³-hybridized carbons (Fsp3) is 0.125. The average Bonchev–Trinajstić information content (AvgIpc) is 2.78. The number of nitrogens with zero attached hydrogens (tertiary/aromatic N) is 3. The van der Waals surface area contributed by atoms with Gasteiger partial charge in [-0.3, -0.25) is 4.79 Å². The Balaban J connectivity index is 1.47. The SMILES string of the molecule is CN(C)c1nc(NCc2ccc(NC(=O)c3ccc(F)cc3)cc2)c2ccc(I)cc2n1. The van der Waals surface area contributed by atoms with E-state index in [0.717, 1.165) is 25.9 Å². The number of carbonyl (C=O) groups excluding carboxylic acids is 1. The number of fused-ring (bicyclic) bond motifs is 1. The number of anilines is 3. The maximum atomic E-state index is 13.0. The van der Waals surface area contributed by atoms with Crippen molar-refractivity contribution in [2.75, 3.05) is 29.6 Å². The van der Waals surface area contributed by atoms with E-state index in [0.29, 0.717) is 23.7 Å². The minimum absolute atomic E-state index is 0.283. The normalized spacial score (nSPS) is 10.8. The fourth-order valence-corrected chi connectivity index (χ4v) is 3.60. The van der Waals surface area contributed by atoms with E-state index in [1.807, 2.05) is 61.5 Å². The van der Waals surface area contributed by atoms with Crippen molar-refractivity contribution >= 4 is 56.9 Å². The molecule has 0 saturated heterocycles. The molecule has 2 N–H and O–H groups in total. The highest BCUT2D eigenvalue weighted by Gasteiger charge is 2.10. The monoisotopic (exact) mass is 541 g/mol. The summed E-state index contributed by atoms with van der Waals surface area (Å²) in [7, 11) is 3.83. The molecule has 4 aromatic rings. The molecule has 3 aromatic carbocycles. The first kappa shape index (κ1) is 21.9. The van der Waals surface area contributed by atoms with Gasteiger partial charge < -0.3 is 15.5 Å². The van der Waals surface area contributed by atoms with E-state index >= 15 is 0 Å². The van der Waals surface area contributed by atoms with Crippen LogP contribution in [0, 0.1) is 9.39 Å². The zero-order chi connectivity index (χ0) is 22.7. The lowest BCUT2D eigenvalue weighted by Crippen LogP contribution is -2.14. The minimum atomic E-state index is -0.373. The summed E-state index contributed by atoms with van der Waals surface area (Å²) < 4.78 is 14.1. The molecule has 0 atom stereocenters. The van der Waals surface area contributed by atoms with Crippen LogP contribution >= 0.6 is 22.6 Å². The molecule has 4 rings (SSSR count). The first-order valence-corrected chi connectivity index (χ1v) is 11.0. The van der Waals surface area contributed by atoms with Gasteiger partial charge >= 0.3 is 0 Å². The number of hydrogen-bond donors (Lipinski definition) is 2. The van der Waals surface area contributed by atoms with Gasteiger partial charge in [-0.15, -0.1) is 0 Å². The van der Waals surface area contributed by atoms with Crippen molar-refractivity contribution in [1.82, 2.24) is 9.97 Å². The van der Waals surface area contributed by atoms with Crippen LogP contribution in [0.5, 0.6) is 0 Å². The molecule has 8 heteroatoms. The van der Waals surface area contributed by atoms with Crippen LogP contribution in [0.1, 0.15) is 15.9 Å². The molecule has 0 fully saturated rings. The van der Waals surface area contributed by atoms with E-state index in [2.05, 4.69) is 43.2 Å². The molecule has 0 aliphatic carbocycles. The summed E-state index contributed by atoms with van der Waals surface area (Å²) in [6, 6.07) is 19.1. The van der Waals surface area contributed by atoms with E-state index in [1.54, 1.807) is 0 Å². The lowest BCUT2D eigenvalue weighted by Gasteiger charge is -2.15. The van der Waals surface area contributed by atoms with Gasteiger partial charge in [0.2, 0.25) is 5.95 Å². The van der Waals surface area contributed by atoms with Crippen LogP contribution in [-0.2, 0) is 6.54 Å². The average molecular weight is 541 g/mol. The highest BCUT2D eigenvalue weighted by atomic mass is 127. The second-order valence-corrected chi connectivity index (χ2v) is 8.69. The molecule has 0 unspecified atom stereocenters. The first-order valence-electron chi connectivity index (χ1n) is 9.93. The van der Waals surface area contributed by atoms with Gasteiger partial charge in [-0.2, -0.15) is 4.98 Å². The van der Waals surface area contributed by atoms with E-state index in [1.165, 1.54) is 24.3 Å². The van der Waals surface area contributed by atoms with Crippen molar-refractivity contribution < 1.29 is 9.18 Å². The van der Waals surface area contributed by atoms with Gasteiger partial charge in [0.05, 0.1) is 5.52 Å². The standard InChI is InChI=1S/C24H21FIN5O/c1-31(2)24-29-21-13-18(26)9-12-20(21)22(30-24)27-14-15-3-10-19(11-4-15)28-23(32)16-5-7-17(25)8-6-16/h3-13H,14H2,1-2H3,(H,28,32)(H,27,29,30). The molecule has 162 valence electrons. The summed E-state index contributed by atoms with van der Waals surface area (Å²) >= 11 is 2.27. The zero-order valence-electron chi connectivity index (χ0n) is 17.6. The van der Waals surface area contributed by atoms with Crippen molar-refractivity contribution in [3.8, 4) is 0 Å². The van der Waals surface area contributed by atoms with Crippen LogP contribution in [-0.4, -0.2) is 30.0 Å². The largest absolute Gasteiger partial charge is 0.365 e. The second kappa shape index (κ2) is 9.47. The maximum absolute atomic E-state index is 13.0. The third-order valence-corrected chi connectivity index (χ3v) is 5.50. The Kier molecular flexibility index (Phi) is 6.50. The molecule has 1 aromatic heterocycles. The molecule has 32 heavy (non-hydrogen) atoms. The summed E-state index contributed by atoms with van der Waals surface area (Å²) in [6.45, 7) is 0.567. The Morgan fingerprint density at radius 3 is 2.41 bits per heavy atom.